The first-order chi connectivity index (χ1) is 6.02. The number of hydrogen-bond acceptors (Lipinski definition) is 1. The van der Waals surface area contributed by atoms with Crippen LogP contribution in [0.2, 0.25) is 0 Å². The molecule has 0 rings (SSSR count). The molecule has 0 unspecified atom stereocenters. The van der Waals surface area contributed by atoms with Gasteiger partial charge in [-0.1, -0.05) is 23.3 Å². The van der Waals surface area contributed by atoms with E-state index < -0.39 is 0 Å². The second kappa shape index (κ2) is 6.90. The van der Waals surface area contributed by atoms with Gasteiger partial charge in [-0.2, -0.15) is 0 Å². The van der Waals surface area contributed by atoms with Gasteiger partial charge in [-0.05, 0) is 47.7 Å². The molecule has 13 heavy (non-hydrogen) atoms. The molecule has 76 valence electrons. The third kappa shape index (κ3) is 9.35. The molecule has 0 atom stereocenters. The fourth-order valence-corrected chi connectivity index (χ4v) is 1.03. The van der Waals surface area contributed by atoms with E-state index in [1.165, 1.54) is 24.0 Å². The van der Waals surface area contributed by atoms with Crippen LogP contribution in [-0.4, -0.2) is 25.5 Å². The van der Waals surface area contributed by atoms with Gasteiger partial charge in [0.05, 0.1) is 0 Å². The molecule has 0 aliphatic carbocycles. The molecule has 0 aromatic carbocycles. The Labute approximate surface area is 83.1 Å². The Morgan fingerprint density at radius 2 is 1.69 bits per heavy atom. The van der Waals surface area contributed by atoms with E-state index in [4.69, 9.17) is 0 Å². The van der Waals surface area contributed by atoms with Crippen molar-refractivity contribution < 1.29 is 0 Å². The van der Waals surface area contributed by atoms with Crippen LogP contribution >= 0.6 is 0 Å². The van der Waals surface area contributed by atoms with Gasteiger partial charge in [0.25, 0.3) is 0 Å². The lowest BCUT2D eigenvalue weighted by molar-refractivity contribution is 0.455. The molecular formula is C12H23N. The molecule has 0 saturated carbocycles. The lowest BCUT2D eigenvalue weighted by atomic mass is 10.1. The molecule has 0 saturated heterocycles. The van der Waals surface area contributed by atoms with Crippen molar-refractivity contribution in [3.63, 3.8) is 0 Å². The van der Waals surface area contributed by atoms with E-state index in [1.807, 2.05) is 0 Å². The third-order valence-corrected chi connectivity index (χ3v) is 1.90. The van der Waals surface area contributed by atoms with Crippen molar-refractivity contribution in [2.24, 2.45) is 0 Å². The summed E-state index contributed by atoms with van der Waals surface area (Å²) in [5.74, 6) is 0. The van der Waals surface area contributed by atoms with Crippen molar-refractivity contribution in [1.82, 2.24) is 4.90 Å². The molecular weight excluding hydrogens is 158 g/mol. The number of hydrogen-bond donors (Lipinski definition) is 0. The summed E-state index contributed by atoms with van der Waals surface area (Å²) in [5, 5.41) is 0. The molecule has 0 aliphatic heterocycles. The first-order valence-corrected chi connectivity index (χ1v) is 4.96. The lowest BCUT2D eigenvalue weighted by Crippen LogP contribution is -2.10. The zero-order valence-electron chi connectivity index (χ0n) is 9.72. The van der Waals surface area contributed by atoms with E-state index in [-0.39, 0.29) is 0 Å². The summed E-state index contributed by atoms with van der Waals surface area (Å²) in [5.41, 5.74) is 2.91. The SMILES string of the molecule is CC(C)=CCCC(C)=CCN(C)C. The van der Waals surface area contributed by atoms with Gasteiger partial charge in [0.1, 0.15) is 0 Å². The Bertz CT molecular complexity index is 183. The Morgan fingerprint density at radius 3 is 2.15 bits per heavy atom. The van der Waals surface area contributed by atoms with Gasteiger partial charge in [0.2, 0.25) is 0 Å². The van der Waals surface area contributed by atoms with E-state index >= 15 is 0 Å². The zero-order chi connectivity index (χ0) is 10.3. The maximum Gasteiger partial charge on any atom is 0.0159 e. The third-order valence-electron chi connectivity index (χ3n) is 1.90. The van der Waals surface area contributed by atoms with Gasteiger partial charge in [-0.25, -0.2) is 0 Å². The van der Waals surface area contributed by atoms with Crippen LogP contribution in [0.3, 0.4) is 0 Å². The maximum atomic E-state index is 2.30. The Balaban J connectivity index is 3.67. The predicted octanol–water partition coefficient (Wildman–Crippen LogP) is 3.24. The van der Waals surface area contributed by atoms with Crippen molar-refractivity contribution in [3.8, 4) is 0 Å². The van der Waals surface area contributed by atoms with E-state index in [1.54, 1.807) is 0 Å². The predicted molar refractivity (Wildman–Crippen MR) is 61.0 cm³/mol. The highest BCUT2D eigenvalue weighted by atomic mass is 15.0. The topological polar surface area (TPSA) is 3.24 Å². The average molecular weight is 181 g/mol. The van der Waals surface area contributed by atoms with Crippen LogP contribution < -0.4 is 0 Å². The first kappa shape index (κ1) is 12.4. The standard InChI is InChI=1S/C12H23N/c1-11(2)7-6-8-12(3)9-10-13(4)5/h7,9H,6,8,10H2,1-5H3. The van der Waals surface area contributed by atoms with Gasteiger partial charge in [-0.3, -0.25) is 0 Å². The van der Waals surface area contributed by atoms with Crippen LogP contribution in [0.1, 0.15) is 33.6 Å². The molecule has 0 radical (unpaired) electrons. The minimum absolute atomic E-state index is 1.06. The highest BCUT2D eigenvalue weighted by Gasteiger charge is 1.89. The number of nitrogens with zero attached hydrogens (tertiary/aromatic N) is 1. The maximum absolute atomic E-state index is 2.30. The summed E-state index contributed by atoms with van der Waals surface area (Å²) in [6.07, 6.45) is 6.98. The molecule has 0 spiro atoms. The number of allylic oxidation sites excluding steroid dienone is 3. The zero-order valence-corrected chi connectivity index (χ0v) is 9.72. The molecule has 0 N–H and O–H groups in total. The summed E-state index contributed by atoms with van der Waals surface area (Å²) in [6.45, 7) is 7.57. The molecule has 1 nitrogen and oxygen atoms in total. The van der Waals surface area contributed by atoms with E-state index in [0.717, 1.165) is 6.54 Å². The quantitative estimate of drug-likeness (QED) is 0.589. The van der Waals surface area contributed by atoms with Crippen molar-refractivity contribution in [1.29, 1.82) is 0 Å². The largest absolute Gasteiger partial charge is 0.306 e. The highest BCUT2D eigenvalue weighted by molar-refractivity contribution is 5.02. The summed E-state index contributed by atoms with van der Waals surface area (Å²) in [7, 11) is 4.19. The van der Waals surface area contributed by atoms with Gasteiger partial charge in [0.15, 0.2) is 0 Å². The fourth-order valence-electron chi connectivity index (χ4n) is 1.03. The van der Waals surface area contributed by atoms with Crippen LogP contribution in [0.15, 0.2) is 23.3 Å². The van der Waals surface area contributed by atoms with Crippen molar-refractivity contribution in [2.75, 3.05) is 20.6 Å². The smallest absolute Gasteiger partial charge is 0.0159 e. The summed E-state index contributed by atoms with van der Waals surface area (Å²) in [6, 6.07) is 0. The monoisotopic (exact) mass is 181 g/mol. The average Bonchev–Trinajstić information content (AvgIpc) is 2.00. The van der Waals surface area contributed by atoms with Crippen LogP contribution in [0.5, 0.6) is 0 Å². The van der Waals surface area contributed by atoms with Gasteiger partial charge < -0.3 is 4.90 Å². The van der Waals surface area contributed by atoms with E-state index in [0.29, 0.717) is 0 Å². The van der Waals surface area contributed by atoms with Crippen LogP contribution in [0, 0.1) is 0 Å². The molecule has 0 aromatic rings. The Morgan fingerprint density at radius 1 is 1.08 bits per heavy atom. The minimum atomic E-state index is 1.06. The molecule has 0 heterocycles. The van der Waals surface area contributed by atoms with Crippen LogP contribution in [0.25, 0.3) is 0 Å². The molecule has 0 aromatic heterocycles. The van der Waals surface area contributed by atoms with Gasteiger partial charge in [0, 0.05) is 6.54 Å². The van der Waals surface area contributed by atoms with Crippen molar-refractivity contribution >= 4 is 0 Å². The van der Waals surface area contributed by atoms with Gasteiger partial charge in [-0.15, -0.1) is 0 Å². The number of rotatable bonds is 5. The summed E-state index contributed by atoms with van der Waals surface area (Å²) in [4.78, 5) is 2.18. The molecule has 0 fully saturated rings. The molecule has 0 amide bonds. The van der Waals surface area contributed by atoms with Crippen molar-refractivity contribution in [3.05, 3.63) is 23.3 Å². The second-order valence-electron chi connectivity index (χ2n) is 4.13. The van der Waals surface area contributed by atoms with E-state index in [9.17, 15) is 0 Å². The van der Waals surface area contributed by atoms with E-state index in [2.05, 4.69) is 51.9 Å². The van der Waals surface area contributed by atoms with Crippen molar-refractivity contribution in [2.45, 2.75) is 33.6 Å². The minimum Gasteiger partial charge on any atom is -0.306 e. The summed E-state index contributed by atoms with van der Waals surface area (Å²) >= 11 is 0. The normalized spacial score (nSPS) is 12.0. The lowest BCUT2D eigenvalue weighted by Gasteiger charge is -2.06. The fraction of sp³-hybridized carbons (Fsp3) is 0.667. The van der Waals surface area contributed by atoms with Gasteiger partial charge >= 0.3 is 0 Å². The molecule has 1 heteroatoms. The number of likely N-dealkylation sites (N-methyl/N-ethyl adjacent to an activating group) is 1. The van der Waals surface area contributed by atoms with Crippen LogP contribution in [0.4, 0.5) is 0 Å². The first-order valence-electron chi connectivity index (χ1n) is 4.96. The highest BCUT2D eigenvalue weighted by Crippen LogP contribution is 2.06. The second-order valence-corrected chi connectivity index (χ2v) is 4.13. The molecule has 0 bridgehead atoms. The molecule has 0 aliphatic rings. The summed E-state index contributed by atoms with van der Waals surface area (Å²) < 4.78 is 0. The Kier molecular flexibility index (Phi) is 6.61. The van der Waals surface area contributed by atoms with Crippen LogP contribution in [-0.2, 0) is 0 Å². The Hall–Kier alpha value is -0.560.